The number of hydrogen-bond donors (Lipinski definition) is 1. The molecule has 1 N–H and O–H groups in total. The Morgan fingerprint density at radius 1 is 1.14 bits per heavy atom. The summed E-state index contributed by atoms with van der Waals surface area (Å²) in [4.78, 5) is -4.21. The monoisotopic (exact) mass is 278 g/mol. The summed E-state index contributed by atoms with van der Waals surface area (Å²) in [6.45, 7) is -0.0289. The van der Waals surface area contributed by atoms with Gasteiger partial charge in [-0.1, -0.05) is 6.08 Å². The van der Waals surface area contributed by atoms with Gasteiger partial charge < -0.3 is 5.11 Å². The zero-order valence-corrected chi connectivity index (χ0v) is 8.91. The molecule has 0 spiro atoms. The summed E-state index contributed by atoms with van der Waals surface area (Å²) in [5.74, 6) is -4.17. The summed E-state index contributed by atoms with van der Waals surface area (Å²) in [7, 11) is 0. The minimum absolute atomic E-state index is 0.0289. The van der Waals surface area contributed by atoms with Gasteiger partial charge in [-0.15, -0.1) is 0 Å². The highest BCUT2D eigenvalue weighted by Crippen LogP contribution is 2.40. The van der Waals surface area contributed by atoms with Crippen LogP contribution in [0.4, 0.5) is 17.6 Å². The van der Waals surface area contributed by atoms with Crippen LogP contribution in [0, 0.1) is 0 Å². The molecule has 1 nitrogen and oxygen atoms in total. The Hall–Kier alpha value is -0.100. The van der Waals surface area contributed by atoms with Gasteiger partial charge in [0, 0.05) is 6.61 Å². The zero-order valence-electron chi connectivity index (χ0n) is 7.32. The topological polar surface area (TPSA) is 20.2 Å². The van der Waals surface area contributed by atoms with Crippen LogP contribution < -0.4 is 0 Å². The van der Waals surface area contributed by atoms with Crippen molar-refractivity contribution >= 4 is 15.9 Å². The second-order valence-corrected chi connectivity index (χ2v) is 3.74. The van der Waals surface area contributed by atoms with E-state index in [1.807, 2.05) is 0 Å². The average molecular weight is 279 g/mol. The molecule has 0 heterocycles. The van der Waals surface area contributed by atoms with Gasteiger partial charge in [-0.25, -0.2) is 0 Å². The summed E-state index contributed by atoms with van der Waals surface area (Å²) >= 11 is 1.61. The molecule has 0 atom stereocenters. The molecule has 0 unspecified atom stereocenters. The highest BCUT2D eigenvalue weighted by Gasteiger charge is 2.51. The van der Waals surface area contributed by atoms with Crippen molar-refractivity contribution in [2.75, 3.05) is 6.61 Å². The third-order valence-electron chi connectivity index (χ3n) is 1.48. The number of aliphatic hydroxyl groups is 1. The van der Waals surface area contributed by atoms with E-state index in [4.69, 9.17) is 5.11 Å². The molecule has 0 aromatic carbocycles. The number of unbranched alkanes of at least 4 members (excludes halogenated alkanes) is 2. The summed E-state index contributed by atoms with van der Waals surface area (Å²) < 4.78 is 49.3. The van der Waals surface area contributed by atoms with E-state index in [2.05, 4.69) is 0 Å². The average Bonchev–Trinajstić information content (AvgIpc) is 2.02. The normalized spacial score (nSPS) is 13.9. The van der Waals surface area contributed by atoms with Crippen LogP contribution in [0.1, 0.15) is 19.3 Å². The Balaban J connectivity index is 3.97. The summed E-state index contributed by atoms with van der Waals surface area (Å²) in [5.41, 5.74) is 0. The van der Waals surface area contributed by atoms with E-state index >= 15 is 0 Å². The molecule has 0 aliphatic carbocycles. The van der Waals surface area contributed by atoms with Gasteiger partial charge in [0.2, 0.25) is 0 Å². The van der Waals surface area contributed by atoms with Crippen molar-refractivity contribution in [3.63, 3.8) is 0 Å². The molecule has 0 aliphatic rings. The predicted molar refractivity (Wildman–Crippen MR) is 48.9 cm³/mol. The summed E-state index contributed by atoms with van der Waals surface area (Å²) in [5, 5.41) is 8.35. The Bertz CT molecular complexity index is 188. The van der Waals surface area contributed by atoms with Crippen LogP contribution in [0.25, 0.3) is 0 Å². The van der Waals surface area contributed by atoms with Gasteiger partial charge in [0.05, 0.1) is 0 Å². The van der Waals surface area contributed by atoms with E-state index in [1.54, 1.807) is 15.9 Å². The van der Waals surface area contributed by atoms with E-state index in [9.17, 15) is 17.6 Å². The molecule has 0 aromatic rings. The molecule has 0 aliphatic heterocycles. The first kappa shape index (κ1) is 13.9. The van der Waals surface area contributed by atoms with E-state index in [-0.39, 0.29) is 19.1 Å². The molecule has 84 valence electrons. The van der Waals surface area contributed by atoms with Crippen molar-refractivity contribution in [1.82, 2.24) is 0 Å². The van der Waals surface area contributed by atoms with Crippen molar-refractivity contribution in [3.05, 3.63) is 12.2 Å². The number of aliphatic hydroxyl groups excluding tert-OH is 1. The lowest BCUT2D eigenvalue weighted by molar-refractivity contribution is -0.111. The second-order valence-electron chi connectivity index (χ2n) is 2.74. The number of hydrogen-bond acceptors (Lipinski definition) is 1. The van der Waals surface area contributed by atoms with Crippen LogP contribution >= 0.6 is 15.9 Å². The highest BCUT2D eigenvalue weighted by atomic mass is 79.9. The van der Waals surface area contributed by atoms with Crippen LogP contribution in [0.15, 0.2) is 12.2 Å². The minimum Gasteiger partial charge on any atom is -0.396 e. The lowest BCUT2D eigenvalue weighted by Gasteiger charge is -2.17. The van der Waals surface area contributed by atoms with Crippen LogP contribution in [-0.2, 0) is 0 Å². The molecule has 0 rings (SSSR count). The largest absolute Gasteiger partial charge is 0.396 e. The van der Waals surface area contributed by atoms with Crippen LogP contribution in [-0.4, -0.2) is 22.5 Å². The number of alkyl halides is 5. The molecular formula is C8H11BrF4O. The van der Waals surface area contributed by atoms with Gasteiger partial charge >= 0.3 is 10.8 Å². The van der Waals surface area contributed by atoms with E-state index < -0.39 is 10.8 Å². The van der Waals surface area contributed by atoms with Crippen molar-refractivity contribution in [3.8, 4) is 0 Å². The fourth-order valence-electron chi connectivity index (χ4n) is 0.700. The minimum atomic E-state index is -4.21. The van der Waals surface area contributed by atoms with Gasteiger partial charge in [0.1, 0.15) is 0 Å². The Kier molecular flexibility index (Phi) is 5.66. The first-order valence-corrected chi connectivity index (χ1v) is 4.83. The van der Waals surface area contributed by atoms with Crippen LogP contribution in [0.5, 0.6) is 0 Å². The van der Waals surface area contributed by atoms with E-state index in [0.717, 1.165) is 6.08 Å². The maximum absolute atomic E-state index is 12.5. The van der Waals surface area contributed by atoms with Crippen LogP contribution in [0.3, 0.4) is 0 Å². The molecular weight excluding hydrogens is 268 g/mol. The fraction of sp³-hybridized carbons (Fsp3) is 0.750. The smallest absolute Gasteiger partial charge is 0.367 e. The number of rotatable bonds is 6. The van der Waals surface area contributed by atoms with Gasteiger partial charge in [-0.05, 0) is 41.3 Å². The van der Waals surface area contributed by atoms with Gasteiger partial charge in [-0.3, -0.25) is 0 Å². The van der Waals surface area contributed by atoms with E-state index in [1.165, 1.54) is 0 Å². The van der Waals surface area contributed by atoms with E-state index in [0.29, 0.717) is 12.8 Å². The Morgan fingerprint density at radius 2 is 1.71 bits per heavy atom. The standard InChI is InChI=1S/C8H11BrF4O/c9-8(12,13)7(10,11)5-3-1-2-4-6-14/h3,5,14H,1-2,4,6H2. The molecule has 0 amide bonds. The molecule has 14 heavy (non-hydrogen) atoms. The van der Waals surface area contributed by atoms with Gasteiger partial charge in [0.15, 0.2) is 0 Å². The first-order valence-electron chi connectivity index (χ1n) is 4.04. The summed E-state index contributed by atoms with van der Waals surface area (Å²) in [6, 6.07) is 0. The lowest BCUT2D eigenvalue weighted by atomic mass is 10.2. The molecule has 0 aromatic heterocycles. The summed E-state index contributed by atoms with van der Waals surface area (Å²) in [6.07, 6.45) is 2.39. The molecule has 0 saturated carbocycles. The quantitative estimate of drug-likeness (QED) is 0.342. The molecule has 0 bridgehead atoms. The van der Waals surface area contributed by atoms with Gasteiger partial charge in [-0.2, -0.15) is 17.6 Å². The maximum atomic E-state index is 12.5. The van der Waals surface area contributed by atoms with Gasteiger partial charge in [0.25, 0.3) is 0 Å². The number of halogens is 5. The predicted octanol–water partition coefficient (Wildman–Crippen LogP) is 3.33. The first-order chi connectivity index (χ1) is 6.31. The van der Waals surface area contributed by atoms with Crippen molar-refractivity contribution < 1.29 is 22.7 Å². The molecule has 0 saturated heterocycles. The zero-order chi connectivity index (χ0) is 11.2. The second kappa shape index (κ2) is 5.70. The number of allylic oxidation sites excluding steroid dienone is 2. The third-order valence-corrected chi connectivity index (χ3v) is 2.01. The van der Waals surface area contributed by atoms with Crippen molar-refractivity contribution in [2.24, 2.45) is 0 Å². The highest BCUT2D eigenvalue weighted by molar-refractivity contribution is 9.10. The van der Waals surface area contributed by atoms with Crippen LogP contribution in [0.2, 0.25) is 0 Å². The third kappa shape index (κ3) is 4.95. The van der Waals surface area contributed by atoms with Crippen molar-refractivity contribution in [2.45, 2.75) is 30.0 Å². The fourth-order valence-corrected chi connectivity index (χ4v) is 0.832. The SMILES string of the molecule is OCCCCC=CC(F)(F)C(F)(F)Br. The molecule has 0 radical (unpaired) electrons. The van der Waals surface area contributed by atoms with Crippen molar-refractivity contribution in [1.29, 1.82) is 0 Å². The Labute approximate surface area is 87.9 Å². The molecule has 0 fully saturated rings. The lowest BCUT2D eigenvalue weighted by Crippen LogP contribution is -2.32. The Morgan fingerprint density at radius 3 is 2.14 bits per heavy atom. The molecule has 6 heteroatoms. The maximum Gasteiger partial charge on any atom is 0.367 e.